The van der Waals surface area contributed by atoms with E-state index in [4.69, 9.17) is 11.6 Å². The van der Waals surface area contributed by atoms with Crippen LogP contribution in [0.25, 0.3) is 0 Å². The molecule has 1 unspecified atom stereocenters. The number of hydrogen-bond acceptors (Lipinski definition) is 3. The standard InChI is InChI=1S/C14H17ClN2O3/c15-7-6-11-3-2-8-16(10-11)14(18)12-4-1-5-13(9-12)17(19)20/h1,4-5,9,11H,2-3,6-8,10H2. The van der Waals surface area contributed by atoms with Gasteiger partial charge in [-0.05, 0) is 31.2 Å². The van der Waals surface area contributed by atoms with Crippen LogP contribution in [0.4, 0.5) is 5.69 Å². The van der Waals surface area contributed by atoms with Gasteiger partial charge in [-0.25, -0.2) is 0 Å². The van der Waals surface area contributed by atoms with E-state index in [0.29, 0.717) is 30.5 Å². The second-order valence-corrected chi connectivity index (χ2v) is 5.42. The average Bonchev–Trinajstić information content (AvgIpc) is 2.47. The van der Waals surface area contributed by atoms with E-state index in [2.05, 4.69) is 0 Å². The van der Waals surface area contributed by atoms with E-state index < -0.39 is 4.92 Å². The Bertz CT molecular complexity index is 505. The van der Waals surface area contributed by atoms with E-state index in [-0.39, 0.29) is 11.6 Å². The molecule has 0 aromatic heterocycles. The van der Waals surface area contributed by atoms with Crippen molar-refractivity contribution in [1.29, 1.82) is 0 Å². The molecule has 2 rings (SSSR count). The van der Waals surface area contributed by atoms with Crippen LogP contribution in [0.2, 0.25) is 0 Å². The minimum atomic E-state index is -0.483. The first-order chi connectivity index (χ1) is 9.61. The quantitative estimate of drug-likeness (QED) is 0.487. The summed E-state index contributed by atoms with van der Waals surface area (Å²) in [4.78, 5) is 24.4. The summed E-state index contributed by atoms with van der Waals surface area (Å²) in [5.41, 5.74) is 0.330. The number of piperidine rings is 1. The predicted octanol–water partition coefficient (Wildman–Crippen LogP) is 3.08. The maximum absolute atomic E-state index is 12.4. The fourth-order valence-electron chi connectivity index (χ4n) is 2.57. The van der Waals surface area contributed by atoms with Crippen LogP contribution in [-0.4, -0.2) is 34.7 Å². The zero-order chi connectivity index (χ0) is 14.5. The molecular weight excluding hydrogens is 280 g/mol. The van der Waals surface area contributed by atoms with Crippen LogP contribution < -0.4 is 0 Å². The number of non-ortho nitro benzene ring substituents is 1. The molecule has 1 aliphatic heterocycles. The minimum Gasteiger partial charge on any atom is -0.338 e. The fraction of sp³-hybridized carbons (Fsp3) is 0.500. The molecule has 20 heavy (non-hydrogen) atoms. The smallest absolute Gasteiger partial charge is 0.270 e. The molecule has 108 valence electrons. The summed E-state index contributed by atoms with van der Waals surface area (Å²) in [5.74, 6) is 0.903. The zero-order valence-corrected chi connectivity index (χ0v) is 11.9. The van der Waals surface area contributed by atoms with Crippen molar-refractivity contribution in [3.8, 4) is 0 Å². The highest BCUT2D eigenvalue weighted by Crippen LogP contribution is 2.22. The van der Waals surface area contributed by atoms with Crippen molar-refractivity contribution in [2.24, 2.45) is 5.92 Å². The number of hydrogen-bond donors (Lipinski definition) is 0. The molecule has 0 N–H and O–H groups in total. The summed E-state index contributed by atoms with van der Waals surface area (Å²) >= 11 is 5.76. The van der Waals surface area contributed by atoms with Gasteiger partial charge in [0.15, 0.2) is 0 Å². The predicted molar refractivity (Wildman–Crippen MR) is 77.1 cm³/mol. The lowest BCUT2D eigenvalue weighted by Gasteiger charge is -2.32. The van der Waals surface area contributed by atoms with Crippen molar-refractivity contribution < 1.29 is 9.72 Å². The molecule has 1 fully saturated rings. The molecule has 5 nitrogen and oxygen atoms in total. The number of nitro groups is 1. The van der Waals surface area contributed by atoms with Gasteiger partial charge >= 0.3 is 0 Å². The first kappa shape index (κ1) is 14.8. The number of nitrogens with zero attached hydrogens (tertiary/aromatic N) is 2. The number of carbonyl (C=O) groups excluding carboxylic acids is 1. The van der Waals surface area contributed by atoms with Crippen LogP contribution in [-0.2, 0) is 0 Å². The van der Waals surface area contributed by atoms with Gasteiger partial charge in [-0.2, -0.15) is 0 Å². The summed E-state index contributed by atoms with van der Waals surface area (Å²) in [7, 11) is 0. The Balaban J connectivity index is 2.10. The topological polar surface area (TPSA) is 63.4 Å². The molecule has 1 heterocycles. The molecule has 1 aromatic carbocycles. The Labute approximate surface area is 122 Å². The number of amides is 1. The number of rotatable bonds is 4. The monoisotopic (exact) mass is 296 g/mol. The zero-order valence-electron chi connectivity index (χ0n) is 11.1. The number of nitro benzene ring substituents is 1. The molecule has 1 aromatic rings. The van der Waals surface area contributed by atoms with Gasteiger partial charge in [-0.15, -0.1) is 11.6 Å². The minimum absolute atomic E-state index is 0.0508. The van der Waals surface area contributed by atoms with Crippen molar-refractivity contribution in [2.45, 2.75) is 19.3 Å². The van der Waals surface area contributed by atoms with Gasteiger partial charge < -0.3 is 4.90 Å². The Morgan fingerprint density at radius 2 is 2.30 bits per heavy atom. The molecule has 0 bridgehead atoms. The van der Waals surface area contributed by atoms with Crippen LogP contribution in [0, 0.1) is 16.0 Å². The number of likely N-dealkylation sites (tertiary alicyclic amines) is 1. The van der Waals surface area contributed by atoms with E-state index in [1.165, 1.54) is 12.1 Å². The first-order valence-electron chi connectivity index (χ1n) is 6.71. The summed E-state index contributed by atoms with van der Waals surface area (Å²) in [6.07, 6.45) is 2.95. The Kier molecular flexibility index (Phi) is 4.95. The molecule has 0 aliphatic carbocycles. The van der Waals surface area contributed by atoms with Gasteiger partial charge in [0.25, 0.3) is 11.6 Å². The highest BCUT2D eigenvalue weighted by Gasteiger charge is 2.24. The molecule has 1 saturated heterocycles. The van der Waals surface area contributed by atoms with Crippen LogP contribution >= 0.6 is 11.6 Å². The van der Waals surface area contributed by atoms with Crippen LogP contribution in [0.5, 0.6) is 0 Å². The number of halogens is 1. The number of carbonyl (C=O) groups is 1. The molecule has 1 amide bonds. The van der Waals surface area contributed by atoms with Crippen LogP contribution in [0.3, 0.4) is 0 Å². The van der Waals surface area contributed by atoms with Gasteiger partial charge in [0, 0.05) is 36.7 Å². The van der Waals surface area contributed by atoms with Crippen LogP contribution in [0.1, 0.15) is 29.6 Å². The highest BCUT2D eigenvalue weighted by atomic mass is 35.5. The van der Waals surface area contributed by atoms with Crippen molar-refractivity contribution in [3.05, 3.63) is 39.9 Å². The van der Waals surface area contributed by atoms with Crippen molar-refractivity contribution >= 4 is 23.2 Å². The third-order valence-electron chi connectivity index (χ3n) is 3.63. The van der Waals surface area contributed by atoms with Crippen molar-refractivity contribution in [2.75, 3.05) is 19.0 Å². The first-order valence-corrected chi connectivity index (χ1v) is 7.25. The summed E-state index contributed by atoms with van der Waals surface area (Å²) < 4.78 is 0. The van der Waals surface area contributed by atoms with Crippen molar-refractivity contribution in [3.63, 3.8) is 0 Å². The molecular formula is C14H17ClN2O3. The molecule has 1 atom stereocenters. The van der Waals surface area contributed by atoms with Crippen molar-refractivity contribution in [1.82, 2.24) is 4.90 Å². The molecule has 0 radical (unpaired) electrons. The van der Waals surface area contributed by atoms with Gasteiger partial charge in [0.1, 0.15) is 0 Å². The van der Waals surface area contributed by atoms with Crippen LogP contribution in [0.15, 0.2) is 24.3 Å². The summed E-state index contributed by atoms with van der Waals surface area (Å²) in [6, 6.07) is 5.91. The van der Waals surface area contributed by atoms with Gasteiger partial charge in [-0.3, -0.25) is 14.9 Å². The lowest BCUT2D eigenvalue weighted by molar-refractivity contribution is -0.384. The maximum atomic E-state index is 12.4. The Morgan fingerprint density at radius 3 is 3.00 bits per heavy atom. The second kappa shape index (κ2) is 6.70. The fourth-order valence-corrected chi connectivity index (χ4v) is 2.88. The molecule has 6 heteroatoms. The maximum Gasteiger partial charge on any atom is 0.270 e. The normalized spacial score (nSPS) is 18.9. The van der Waals surface area contributed by atoms with E-state index in [9.17, 15) is 14.9 Å². The Hall–Kier alpha value is -1.62. The average molecular weight is 297 g/mol. The molecule has 1 aliphatic rings. The highest BCUT2D eigenvalue weighted by molar-refractivity contribution is 6.17. The third kappa shape index (κ3) is 3.48. The third-order valence-corrected chi connectivity index (χ3v) is 3.85. The lowest BCUT2D eigenvalue weighted by Crippen LogP contribution is -2.40. The Morgan fingerprint density at radius 1 is 1.50 bits per heavy atom. The molecule has 0 spiro atoms. The SMILES string of the molecule is O=C(c1cccc([N+](=O)[O-])c1)N1CCCC(CCCl)C1. The van der Waals surface area contributed by atoms with Gasteiger partial charge in [-0.1, -0.05) is 6.07 Å². The van der Waals surface area contributed by atoms with Gasteiger partial charge in [0.05, 0.1) is 4.92 Å². The summed E-state index contributed by atoms with van der Waals surface area (Å²) in [6.45, 7) is 1.40. The molecule has 0 saturated carbocycles. The largest absolute Gasteiger partial charge is 0.338 e. The van der Waals surface area contributed by atoms with E-state index in [0.717, 1.165) is 19.3 Å². The van der Waals surface area contributed by atoms with E-state index >= 15 is 0 Å². The second-order valence-electron chi connectivity index (χ2n) is 5.04. The number of alkyl halides is 1. The van der Waals surface area contributed by atoms with E-state index in [1.807, 2.05) is 0 Å². The number of benzene rings is 1. The van der Waals surface area contributed by atoms with Gasteiger partial charge in [0.2, 0.25) is 0 Å². The van der Waals surface area contributed by atoms with E-state index in [1.54, 1.807) is 17.0 Å². The lowest BCUT2D eigenvalue weighted by atomic mass is 9.95. The summed E-state index contributed by atoms with van der Waals surface area (Å²) in [5, 5.41) is 10.8.